The molecule has 158 valence electrons. The highest BCUT2D eigenvalue weighted by Gasteiger charge is 2.54. The summed E-state index contributed by atoms with van der Waals surface area (Å²) >= 11 is 0. The number of benzene rings is 1. The van der Waals surface area contributed by atoms with E-state index in [1.54, 1.807) is 14.2 Å². The van der Waals surface area contributed by atoms with Crippen LogP contribution in [0.1, 0.15) is 44.6 Å². The Morgan fingerprint density at radius 2 is 2.07 bits per heavy atom. The molecule has 0 unspecified atom stereocenters. The number of ether oxygens (including phenoxy) is 3. The standard InChI is InChI=1S/C24H33NO4/c1-15-6-5-9-24(2)12-22-17(11-19(15)24)18(23(26)29-22)14-25-13-16-7-8-20(27-3)21(10-16)28-4/h7-8,10,17-19,22,25H,1,5-6,9,11-14H2,2-4H3/t17-,18-,19-,22+,24+/m0/s1. The number of fused-ring (bicyclic) bond motifs is 2. The summed E-state index contributed by atoms with van der Waals surface area (Å²) < 4.78 is 16.5. The smallest absolute Gasteiger partial charge is 0.310 e. The normalized spacial score (nSPS) is 33.6. The van der Waals surface area contributed by atoms with Crippen molar-refractivity contribution in [1.82, 2.24) is 5.32 Å². The maximum Gasteiger partial charge on any atom is 0.310 e. The van der Waals surface area contributed by atoms with Gasteiger partial charge in [0, 0.05) is 19.0 Å². The lowest BCUT2D eigenvalue weighted by Gasteiger charge is -2.50. The molecule has 2 saturated carbocycles. The lowest BCUT2D eigenvalue weighted by molar-refractivity contribution is -0.146. The van der Waals surface area contributed by atoms with Gasteiger partial charge in [-0.2, -0.15) is 0 Å². The third-order valence-corrected chi connectivity index (χ3v) is 7.46. The fourth-order valence-electron chi connectivity index (χ4n) is 5.85. The van der Waals surface area contributed by atoms with E-state index in [4.69, 9.17) is 14.2 Å². The molecule has 1 aromatic carbocycles. The van der Waals surface area contributed by atoms with E-state index < -0.39 is 0 Å². The van der Waals surface area contributed by atoms with E-state index in [-0.39, 0.29) is 23.4 Å². The van der Waals surface area contributed by atoms with Crippen LogP contribution in [0.25, 0.3) is 0 Å². The van der Waals surface area contributed by atoms with E-state index in [1.165, 1.54) is 18.4 Å². The predicted molar refractivity (Wildman–Crippen MR) is 112 cm³/mol. The first-order chi connectivity index (χ1) is 13.9. The van der Waals surface area contributed by atoms with Crippen molar-refractivity contribution in [2.75, 3.05) is 20.8 Å². The zero-order valence-electron chi connectivity index (χ0n) is 17.8. The van der Waals surface area contributed by atoms with Gasteiger partial charge in [0.25, 0.3) is 0 Å². The van der Waals surface area contributed by atoms with Gasteiger partial charge in [-0.1, -0.05) is 25.1 Å². The second-order valence-electron chi connectivity index (χ2n) is 9.22. The molecule has 1 aromatic rings. The lowest BCUT2D eigenvalue weighted by atomic mass is 9.55. The summed E-state index contributed by atoms with van der Waals surface area (Å²) in [6.45, 7) is 8.06. The van der Waals surface area contributed by atoms with E-state index in [0.717, 1.165) is 36.3 Å². The molecule has 0 bridgehead atoms. The number of esters is 1. The van der Waals surface area contributed by atoms with Crippen LogP contribution >= 0.6 is 0 Å². The zero-order chi connectivity index (χ0) is 20.6. The van der Waals surface area contributed by atoms with Gasteiger partial charge in [0.15, 0.2) is 11.5 Å². The molecule has 3 aliphatic rings. The first-order valence-corrected chi connectivity index (χ1v) is 10.7. The Hall–Kier alpha value is -2.01. The average Bonchev–Trinajstić information content (AvgIpc) is 3.00. The van der Waals surface area contributed by atoms with Crippen molar-refractivity contribution in [2.45, 2.75) is 51.7 Å². The highest BCUT2D eigenvalue weighted by molar-refractivity contribution is 5.75. The van der Waals surface area contributed by atoms with E-state index >= 15 is 0 Å². The monoisotopic (exact) mass is 399 g/mol. The highest BCUT2D eigenvalue weighted by atomic mass is 16.6. The molecule has 1 aliphatic heterocycles. The molecule has 0 spiro atoms. The Labute approximate surface area is 173 Å². The maximum atomic E-state index is 12.6. The van der Waals surface area contributed by atoms with E-state index in [9.17, 15) is 4.79 Å². The molecule has 3 fully saturated rings. The number of methoxy groups -OCH3 is 2. The molecule has 1 heterocycles. The van der Waals surface area contributed by atoms with E-state index in [0.29, 0.717) is 24.9 Å². The second-order valence-corrected chi connectivity index (χ2v) is 9.22. The average molecular weight is 400 g/mol. The van der Waals surface area contributed by atoms with Gasteiger partial charge in [0.2, 0.25) is 0 Å². The molecule has 0 aromatic heterocycles. The molecular weight excluding hydrogens is 366 g/mol. The summed E-state index contributed by atoms with van der Waals surface area (Å²) in [6.07, 6.45) is 5.66. The number of carbonyl (C=O) groups excluding carboxylic acids is 1. The van der Waals surface area contributed by atoms with Crippen LogP contribution in [0.15, 0.2) is 30.4 Å². The first-order valence-electron chi connectivity index (χ1n) is 10.7. The minimum absolute atomic E-state index is 0.0346. The minimum Gasteiger partial charge on any atom is -0.493 e. The van der Waals surface area contributed by atoms with Crippen LogP contribution in [0.3, 0.4) is 0 Å². The van der Waals surface area contributed by atoms with Crippen molar-refractivity contribution in [3.8, 4) is 11.5 Å². The first kappa shape index (κ1) is 20.3. The number of allylic oxidation sites excluding steroid dienone is 1. The molecule has 1 saturated heterocycles. The fourth-order valence-corrected chi connectivity index (χ4v) is 5.85. The van der Waals surface area contributed by atoms with Crippen molar-refractivity contribution in [2.24, 2.45) is 23.2 Å². The Morgan fingerprint density at radius 3 is 2.83 bits per heavy atom. The second kappa shape index (κ2) is 8.02. The fraction of sp³-hybridized carbons (Fsp3) is 0.625. The Bertz CT molecular complexity index is 791. The number of rotatable bonds is 6. The summed E-state index contributed by atoms with van der Waals surface area (Å²) in [7, 11) is 3.27. The van der Waals surface area contributed by atoms with E-state index in [2.05, 4.69) is 18.8 Å². The van der Waals surface area contributed by atoms with Crippen LogP contribution in [-0.2, 0) is 16.1 Å². The summed E-state index contributed by atoms with van der Waals surface area (Å²) in [5.74, 6) is 2.16. The van der Waals surface area contributed by atoms with Gasteiger partial charge in [0.05, 0.1) is 20.1 Å². The Kier molecular flexibility index (Phi) is 5.60. The van der Waals surface area contributed by atoms with Gasteiger partial charge in [0.1, 0.15) is 6.10 Å². The molecule has 0 radical (unpaired) electrons. The number of carbonyl (C=O) groups is 1. The maximum absolute atomic E-state index is 12.6. The number of nitrogens with one attached hydrogen (secondary N) is 1. The van der Waals surface area contributed by atoms with Gasteiger partial charge >= 0.3 is 5.97 Å². The Balaban J connectivity index is 1.39. The Morgan fingerprint density at radius 1 is 1.28 bits per heavy atom. The van der Waals surface area contributed by atoms with Crippen LogP contribution in [0, 0.1) is 23.2 Å². The lowest BCUT2D eigenvalue weighted by Crippen LogP contribution is -2.45. The zero-order valence-corrected chi connectivity index (χ0v) is 17.8. The van der Waals surface area contributed by atoms with Crippen molar-refractivity contribution >= 4 is 5.97 Å². The van der Waals surface area contributed by atoms with Gasteiger partial charge in [-0.15, -0.1) is 0 Å². The molecule has 2 aliphatic carbocycles. The van der Waals surface area contributed by atoms with Crippen LogP contribution < -0.4 is 14.8 Å². The predicted octanol–water partition coefficient (Wildman–Crippen LogP) is 4.11. The molecule has 4 rings (SSSR count). The molecular formula is C24H33NO4. The van der Waals surface area contributed by atoms with Gasteiger partial charge < -0.3 is 19.5 Å². The van der Waals surface area contributed by atoms with Crippen molar-refractivity contribution in [3.05, 3.63) is 35.9 Å². The quantitative estimate of drug-likeness (QED) is 0.576. The van der Waals surface area contributed by atoms with Crippen molar-refractivity contribution in [1.29, 1.82) is 0 Å². The largest absolute Gasteiger partial charge is 0.493 e. The summed E-state index contributed by atoms with van der Waals surface area (Å²) in [5.41, 5.74) is 2.73. The van der Waals surface area contributed by atoms with Gasteiger partial charge in [-0.25, -0.2) is 0 Å². The van der Waals surface area contributed by atoms with Crippen LogP contribution in [-0.4, -0.2) is 32.8 Å². The molecule has 5 nitrogen and oxygen atoms in total. The number of hydrogen-bond acceptors (Lipinski definition) is 5. The van der Waals surface area contributed by atoms with Gasteiger partial charge in [-0.3, -0.25) is 4.79 Å². The molecule has 1 N–H and O–H groups in total. The molecule has 0 amide bonds. The summed E-state index contributed by atoms with van der Waals surface area (Å²) in [5, 5.41) is 3.47. The topological polar surface area (TPSA) is 56.8 Å². The van der Waals surface area contributed by atoms with Crippen LogP contribution in [0.5, 0.6) is 11.5 Å². The van der Waals surface area contributed by atoms with Crippen LogP contribution in [0.2, 0.25) is 0 Å². The van der Waals surface area contributed by atoms with E-state index in [1.807, 2.05) is 18.2 Å². The molecule has 5 atom stereocenters. The molecule has 5 heteroatoms. The molecule has 29 heavy (non-hydrogen) atoms. The summed E-state index contributed by atoms with van der Waals surface area (Å²) in [4.78, 5) is 12.6. The van der Waals surface area contributed by atoms with Crippen molar-refractivity contribution < 1.29 is 19.0 Å². The van der Waals surface area contributed by atoms with Crippen molar-refractivity contribution in [3.63, 3.8) is 0 Å². The summed E-state index contributed by atoms with van der Waals surface area (Å²) in [6, 6.07) is 5.90. The third kappa shape index (κ3) is 3.77. The third-order valence-electron chi connectivity index (χ3n) is 7.46. The van der Waals surface area contributed by atoms with Crippen LogP contribution in [0.4, 0.5) is 0 Å². The highest BCUT2D eigenvalue weighted by Crippen LogP contribution is 2.56. The van der Waals surface area contributed by atoms with Gasteiger partial charge in [-0.05, 0) is 61.1 Å². The minimum atomic E-state index is -0.0700. The SMILES string of the molecule is C=C1CCC[C@]2(C)C[C@H]3OC(=O)[C@@H](CNCc4ccc(OC)c(OC)c4)[C@@H]3C[C@@H]12. The number of hydrogen-bond donors (Lipinski definition) is 1.